The Morgan fingerprint density at radius 1 is 1.10 bits per heavy atom. The largest absolute Gasteiger partial charge is 0.480 e. The van der Waals surface area contributed by atoms with Gasteiger partial charge < -0.3 is 10.0 Å². The molecule has 0 atom stereocenters. The van der Waals surface area contributed by atoms with Gasteiger partial charge in [-0.3, -0.25) is 9.69 Å². The Labute approximate surface area is 115 Å². The number of aliphatic carboxylic acids is 1. The second-order valence-corrected chi connectivity index (χ2v) is 4.77. The first kappa shape index (κ1) is 16.5. The molecule has 0 saturated carbocycles. The lowest BCUT2D eigenvalue weighted by molar-refractivity contribution is -0.138. The first-order valence-corrected chi connectivity index (χ1v) is 6.02. The third-order valence-electron chi connectivity index (χ3n) is 2.71. The van der Waals surface area contributed by atoms with Crippen molar-refractivity contribution in [3.63, 3.8) is 0 Å². The van der Waals surface area contributed by atoms with Crippen LogP contribution in [0.4, 0.5) is 13.2 Å². The zero-order chi connectivity index (χ0) is 15.3. The van der Waals surface area contributed by atoms with E-state index in [0.717, 1.165) is 6.07 Å². The van der Waals surface area contributed by atoms with E-state index in [4.69, 9.17) is 5.11 Å². The second-order valence-electron chi connectivity index (χ2n) is 4.77. The summed E-state index contributed by atoms with van der Waals surface area (Å²) < 4.78 is 39.5. The molecule has 1 N–H and O–H groups in total. The van der Waals surface area contributed by atoms with Crippen LogP contribution in [-0.4, -0.2) is 54.6 Å². The molecule has 0 saturated heterocycles. The molecule has 0 heterocycles. The van der Waals surface area contributed by atoms with E-state index >= 15 is 0 Å². The van der Waals surface area contributed by atoms with Gasteiger partial charge in [-0.15, -0.1) is 0 Å². The number of rotatable bonds is 7. The van der Waals surface area contributed by atoms with Crippen LogP contribution < -0.4 is 0 Å². The molecule has 1 rings (SSSR count). The average Bonchev–Trinajstić information content (AvgIpc) is 2.32. The SMILES string of the molecule is CN(C)CCN(CC(=O)O)Cc1cc(F)c(F)cc1F. The molecule has 20 heavy (non-hydrogen) atoms. The number of carboxylic acids is 1. The molecule has 1 aromatic rings. The van der Waals surface area contributed by atoms with Gasteiger partial charge in [-0.05, 0) is 20.2 Å². The van der Waals surface area contributed by atoms with Crippen LogP contribution in [0.15, 0.2) is 12.1 Å². The number of carbonyl (C=O) groups is 1. The van der Waals surface area contributed by atoms with Crippen molar-refractivity contribution in [3.05, 3.63) is 35.1 Å². The summed E-state index contributed by atoms with van der Waals surface area (Å²) in [7, 11) is 3.63. The van der Waals surface area contributed by atoms with Crippen molar-refractivity contribution in [2.24, 2.45) is 0 Å². The van der Waals surface area contributed by atoms with Crippen molar-refractivity contribution in [2.75, 3.05) is 33.7 Å². The standard InChI is InChI=1S/C13H17F3N2O2/c1-17(2)3-4-18(8-13(19)20)7-9-5-11(15)12(16)6-10(9)14/h5-6H,3-4,7-8H2,1-2H3,(H,19,20). The minimum atomic E-state index is -1.26. The number of halogens is 3. The minimum Gasteiger partial charge on any atom is -0.480 e. The normalized spacial score (nSPS) is 11.3. The van der Waals surface area contributed by atoms with Gasteiger partial charge in [0.25, 0.3) is 0 Å². The Bertz CT molecular complexity index is 481. The van der Waals surface area contributed by atoms with Gasteiger partial charge in [0.2, 0.25) is 0 Å². The van der Waals surface area contributed by atoms with Gasteiger partial charge >= 0.3 is 5.97 Å². The second kappa shape index (κ2) is 7.25. The maximum absolute atomic E-state index is 13.5. The molecule has 0 aliphatic heterocycles. The fraction of sp³-hybridized carbons (Fsp3) is 0.462. The van der Waals surface area contributed by atoms with Gasteiger partial charge in [-0.1, -0.05) is 0 Å². The maximum Gasteiger partial charge on any atom is 0.317 e. The lowest BCUT2D eigenvalue weighted by Crippen LogP contribution is -2.35. The third kappa shape index (κ3) is 5.18. The zero-order valence-electron chi connectivity index (χ0n) is 11.4. The zero-order valence-corrected chi connectivity index (χ0v) is 11.4. The molecule has 0 amide bonds. The lowest BCUT2D eigenvalue weighted by atomic mass is 10.2. The number of carboxylic acid groups (broad SMARTS) is 1. The van der Waals surface area contributed by atoms with E-state index in [1.54, 1.807) is 0 Å². The highest BCUT2D eigenvalue weighted by Gasteiger charge is 2.15. The summed E-state index contributed by atoms with van der Waals surface area (Å²) in [4.78, 5) is 14.1. The number of hydrogen-bond donors (Lipinski definition) is 1. The molecule has 7 heteroatoms. The molecular weight excluding hydrogens is 273 g/mol. The smallest absolute Gasteiger partial charge is 0.317 e. The van der Waals surface area contributed by atoms with Crippen LogP contribution in [0.2, 0.25) is 0 Å². The van der Waals surface area contributed by atoms with Gasteiger partial charge in [0.05, 0.1) is 6.54 Å². The quantitative estimate of drug-likeness (QED) is 0.774. The van der Waals surface area contributed by atoms with Crippen molar-refractivity contribution in [1.82, 2.24) is 9.80 Å². The fourth-order valence-electron chi connectivity index (χ4n) is 1.67. The van der Waals surface area contributed by atoms with Crippen LogP contribution in [0.5, 0.6) is 0 Å². The van der Waals surface area contributed by atoms with Gasteiger partial charge in [-0.2, -0.15) is 0 Å². The van der Waals surface area contributed by atoms with Crippen molar-refractivity contribution in [3.8, 4) is 0 Å². The number of nitrogens with zero attached hydrogens (tertiary/aromatic N) is 2. The predicted molar refractivity (Wildman–Crippen MR) is 67.8 cm³/mol. The first-order valence-electron chi connectivity index (χ1n) is 6.02. The van der Waals surface area contributed by atoms with Crippen LogP contribution in [0, 0.1) is 17.5 Å². The van der Waals surface area contributed by atoms with E-state index < -0.39 is 23.4 Å². The summed E-state index contributed by atoms with van der Waals surface area (Å²) in [5.41, 5.74) is -0.0658. The maximum atomic E-state index is 13.5. The van der Waals surface area contributed by atoms with Gasteiger partial charge in [0.1, 0.15) is 5.82 Å². The Kier molecular flexibility index (Phi) is 5.97. The molecule has 0 aliphatic carbocycles. The summed E-state index contributed by atoms with van der Waals surface area (Å²) in [6.07, 6.45) is 0. The van der Waals surface area contributed by atoms with E-state index in [0.29, 0.717) is 19.2 Å². The van der Waals surface area contributed by atoms with Crippen molar-refractivity contribution in [1.29, 1.82) is 0 Å². The molecule has 0 bridgehead atoms. The Morgan fingerprint density at radius 3 is 2.25 bits per heavy atom. The Morgan fingerprint density at radius 2 is 1.70 bits per heavy atom. The molecule has 0 radical (unpaired) electrons. The summed E-state index contributed by atoms with van der Waals surface area (Å²) in [6, 6.07) is 1.23. The van der Waals surface area contributed by atoms with E-state index in [9.17, 15) is 18.0 Å². The first-order chi connectivity index (χ1) is 9.29. The van der Waals surface area contributed by atoms with Gasteiger partial charge in [-0.25, -0.2) is 13.2 Å². The van der Waals surface area contributed by atoms with Crippen LogP contribution >= 0.6 is 0 Å². The molecular formula is C13H17F3N2O2. The highest BCUT2D eigenvalue weighted by Crippen LogP contribution is 2.15. The summed E-state index contributed by atoms with van der Waals surface area (Å²) in [5.74, 6) is -4.36. The summed E-state index contributed by atoms with van der Waals surface area (Å²) >= 11 is 0. The fourth-order valence-corrected chi connectivity index (χ4v) is 1.67. The van der Waals surface area contributed by atoms with E-state index in [2.05, 4.69) is 0 Å². The van der Waals surface area contributed by atoms with Crippen LogP contribution in [0.25, 0.3) is 0 Å². The highest BCUT2D eigenvalue weighted by atomic mass is 19.2. The predicted octanol–water partition coefficient (Wildman–Crippen LogP) is 1.55. The topological polar surface area (TPSA) is 43.8 Å². The van der Waals surface area contributed by atoms with E-state index in [1.807, 2.05) is 19.0 Å². The van der Waals surface area contributed by atoms with E-state index in [1.165, 1.54) is 4.90 Å². The van der Waals surface area contributed by atoms with Crippen molar-refractivity contribution in [2.45, 2.75) is 6.54 Å². The Hall–Kier alpha value is -1.60. The molecule has 0 aromatic heterocycles. The minimum absolute atomic E-state index is 0.0658. The molecule has 1 aromatic carbocycles. The van der Waals surface area contributed by atoms with E-state index in [-0.39, 0.29) is 18.7 Å². The van der Waals surface area contributed by atoms with Crippen LogP contribution in [0.1, 0.15) is 5.56 Å². The number of benzene rings is 1. The highest BCUT2D eigenvalue weighted by molar-refractivity contribution is 5.69. The molecule has 0 fully saturated rings. The number of likely N-dealkylation sites (N-methyl/N-ethyl adjacent to an activating group) is 1. The van der Waals surface area contributed by atoms with Crippen LogP contribution in [-0.2, 0) is 11.3 Å². The molecule has 4 nitrogen and oxygen atoms in total. The molecule has 0 aliphatic rings. The van der Waals surface area contributed by atoms with Gasteiger partial charge in [0.15, 0.2) is 11.6 Å². The Balaban J connectivity index is 2.82. The van der Waals surface area contributed by atoms with Gasteiger partial charge in [0, 0.05) is 31.3 Å². The van der Waals surface area contributed by atoms with Crippen molar-refractivity contribution < 1.29 is 23.1 Å². The van der Waals surface area contributed by atoms with Crippen LogP contribution in [0.3, 0.4) is 0 Å². The monoisotopic (exact) mass is 290 g/mol. The summed E-state index contributed by atoms with van der Waals surface area (Å²) in [5, 5.41) is 8.81. The molecule has 0 unspecified atom stereocenters. The molecule has 0 spiro atoms. The third-order valence-corrected chi connectivity index (χ3v) is 2.71. The summed E-state index contributed by atoms with van der Waals surface area (Å²) in [6.45, 7) is 0.547. The number of hydrogen-bond acceptors (Lipinski definition) is 3. The average molecular weight is 290 g/mol. The lowest BCUT2D eigenvalue weighted by Gasteiger charge is -2.22. The molecule has 112 valence electrons. The van der Waals surface area contributed by atoms with Crippen molar-refractivity contribution >= 4 is 5.97 Å².